The van der Waals surface area contributed by atoms with Crippen molar-refractivity contribution in [1.29, 1.82) is 0 Å². The summed E-state index contributed by atoms with van der Waals surface area (Å²) >= 11 is 0. The molecule has 0 saturated carbocycles. The lowest BCUT2D eigenvalue weighted by atomic mass is 9.97. The van der Waals surface area contributed by atoms with Crippen LogP contribution in [-0.4, -0.2) is 41.5 Å². The summed E-state index contributed by atoms with van der Waals surface area (Å²) in [6.07, 6.45) is 3.41. The number of rotatable bonds is 4. The van der Waals surface area contributed by atoms with Crippen molar-refractivity contribution in [2.45, 2.75) is 26.2 Å². The molecule has 1 atom stereocenters. The number of anilines is 1. The molecule has 0 aliphatic carbocycles. The number of likely N-dealkylation sites (tertiary alicyclic amines) is 1. The second-order valence-electron chi connectivity index (χ2n) is 5.16. The van der Waals surface area contributed by atoms with Gasteiger partial charge in [0, 0.05) is 24.8 Å². The van der Waals surface area contributed by atoms with E-state index in [-0.39, 0.29) is 24.2 Å². The molecule has 0 bridgehead atoms. The first-order chi connectivity index (χ1) is 10.1. The van der Waals surface area contributed by atoms with E-state index in [9.17, 15) is 9.59 Å². The van der Waals surface area contributed by atoms with E-state index in [1.165, 1.54) is 0 Å². The van der Waals surface area contributed by atoms with Crippen LogP contribution in [0.2, 0.25) is 0 Å². The van der Waals surface area contributed by atoms with Crippen molar-refractivity contribution in [3.05, 3.63) is 23.9 Å². The quantitative estimate of drug-likeness (QED) is 0.837. The first-order valence-electron chi connectivity index (χ1n) is 7.25. The Kier molecular flexibility index (Phi) is 5.14. The topological polar surface area (TPSA) is 85.5 Å². The van der Waals surface area contributed by atoms with Crippen molar-refractivity contribution < 1.29 is 14.3 Å². The zero-order chi connectivity index (χ0) is 15.2. The molecule has 0 radical (unpaired) electrons. The Balaban J connectivity index is 1.96. The third-order valence-corrected chi connectivity index (χ3v) is 3.66. The minimum absolute atomic E-state index is 0.0244. The van der Waals surface area contributed by atoms with Crippen LogP contribution in [0, 0.1) is 5.92 Å². The number of nitrogens with two attached hydrogens (primary N) is 1. The van der Waals surface area contributed by atoms with Crippen molar-refractivity contribution >= 4 is 17.7 Å². The van der Waals surface area contributed by atoms with E-state index in [2.05, 4.69) is 4.98 Å². The van der Waals surface area contributed by atoms with Crippen molar-refractivity contribution in [3.8, 4) is 0 Å². The molecular weight excluding hydrogens is 270 g/mol. The number of amides is 1. The van der Waals surface area contributed by atoms with Crippen LogP contribution >= 0.6 is 0 Å². The summed E-state index contributed by atoms with van der Waals surface area (Å²) < 4.78 is 5.04. The number of piperidine rings is 1. The lowest BCUT2D eigenvalue weighted by Crippen LogP contribution is -2.43. The van der Waals surface area contributed by atoms with Crippen molar-refractivity contribution in [2.24, 2.45) is 5.92 Å². The van der Waals surface area contributed by atoms with E-state index < -0.39 is 0 Å². The summed E-state index contributed by atoms with van der Waals surface area (Å²) in [5.74, 6) is -0.0710. The van der Waals surface area contributed by atoms with Crippen LogP contribution in [0.5, 0.6) is 0 Å². The van der Waals surface area contributed by atoms with Gasteiger partial charge in [-0.2, -0.15) is 0 Å². The number of ether oxygens (including phenoxy) is 1. The number of carbonyl (C=O) groups excluding carboxylic acids is 2. The van der Waals surface area contributed by atoms with Crippen molar-refractivity contribution in [2.75, 3.05) is 25.4 Å². The van der Waals surface area contributed by atoms with E-state index in [4.69, 9.17) is 10.5 Å². The lowest BCUT2D eigenvalue weighted by Gasteiger charge is -2.31. The zero-order valence-corrected chi connectivity index (χ0v) is 12.2. The summed E-state index contributed by atoms with van der Waals surface area (Å²) in [4.78, 5) is 29.8. The standard InChI is InChI=1S/C15H21N3O3/c1-2-21-15(20)12-6-4-8-18(10-12)13(19)9-11-5-3-7-17-14(11)16/h3,5,7,12H,2,4,6,8-10H2,1H3,(H2,16,17)/t12-/m1/s1. The highest BCUT2D eigenvalue weighted by Gasteiger charge is 2.29. The maximum Gasteiger partial charge on any atom is 0.310 e. The van der Waals surface area contributed by atoms with Crippen molar-refractivity contribution in [1.82, 2.24) is 9.88 Å². The second kappa shape index (κ2) is 7.06. The van der Waals surface area contributed by atoms with E-state index in [0.29, 0.717) is 25.5 Å². The fourth-order valence-corrected chi connectivity index (χ4v) is 2.53. The maximum absolute atomic E-state index is 12.3. The summed E-state index contributed by atoms with van der Waals surface area (Å²) in [6.45, 7) is 3.26. The molecule has 1 saturated heterocycles. The smallest absolute Gasteiger partial charge is 0.310 e. The van der Waals surface area contributed by atoms with E-state index in [1.807, 2.05) is 0 Å². The van der Waals surface area contributed by atoms with Gasteiger partial charge in [0.05, 0.1) is 18.9 Å². The summed E-state index contributed by atoms with van der Waals surface area (Å²) in [6, 6.07) is 3.56. The van der Waals surface area contributed by atoms with Gasteiger partial charge in [-0.25, -0.2) is 4.98 Å². The molecular formula is C15H21N3O3. The average Bonchev–Trinajstić information content (AvgIpc) is 2.50. The van der Waals surface area contributed by atoms with Gasteiger partial charge < -0.3 is 15.4 Å². The predicted molar refractivity (Wildman–Crippen MR) is 78.3 cm³/mol. The molecule has 2 rings (SSSR count). The van der Waals surface area contributed by atoms with Crippen LogP contribution in [0.25, 0.3) is 0 Å². The summed E-state index contributed by atoms with van der Waals surface area (Å²) in [5.41, 5.74) is 6.48. The summed E-state index contributed by atoms with van der Waals surface area (Å²) in [7, 11) is 0. The number of hydrogen-bond acceptors (Lipinski definition) is 5. The van der Waals surface area contributed by atoms with Crippen molar-refractivity contribution in [3.63, 3.8) is 0 Å². The van der Waals surface area contributed by atoms with Crippen LogP contribution < -0.4 is 5.73 Å². The first-order valence-corrected chi connectivity index (χ1v) is 7.25. The number of hydrogen-bond donors (Lipinski definition) is 1. The molecule has 6 nitrogen and oxygen atoms in total. The van der Waals surface area contributed by atoms with Gasteiger partial charge in [0.25, 0.3) is 0 Å². The van der Waals surface area contributed by atoms with Gasteiger partial charge in [-0.3, -0.25) is 9.59 Å². The molecule has 1 aromatic heterocycles. The predicted octanol–water partition coefficient (Wildman–Crippen LogP) is 1.01. The van der Waals surface area contributed by atoms with Gasteiger partial charge in [0.15, 0.2) is 0 Å². The molecule has 21 heavy (non-hydrogen) atoms. The Morgan fingerprint density at radius 3 is 3.05 bits per heavy atom. The highest BCUT2D eigenvalue weighted by Crippen LogP contribution is 2.19. The minimum Gasteiger partial charge on any atom is -0.466 e. The average molecular weight is 291 g/mol. The third kappa shape index (κ3) is 3.93. The Hall–Kier alpha value is -2.11. The molecule has 1 aromatic rings. The molecule has 114 valence electrons. The largest absolute Gasteiger partial charge is 0.466 e. The Bertz CT molecular complexity index is 519. The molecule has 2 heterocycles. The van der Waals surface area contributed by atoms with Gasteiger partial charge in [-0.1, -0.05) is 6.07 Å². The molecule has 0 spiro atoms. The van der Waals surface area contributed by atoms with E-state index in [1.54, 1.807) is 30.2 Å². The molecule has 0 aromatic carbocycles. The number of nitrogen functional groups attached to an aromatic ring is 1. The van der Waals surface area contributed by atoms with Gasteiger partial charge >= 0.3 is 5.97 Å². The summed E-state index contributed by atoms with van der Waals surface area (Å²) in [5, 5.41) is 0. The molecule has 0 unspecified atom stereocenters. The van der Waals surface area contributed by atoms with Crippen LogP contribution in [0.4, 0.5) is 5.82 Å². The third-order valence-electron chi connectivity index (χ3n) is 3.66. The van der Waals surface area contributed by atoms with E-state index in [0.717, 1.165) is 18.4 Å². The molecule has 1 aliphatic heterocycles. The molecule has 2 N–H and O–H groups in total. The SMILES string of the molecule is CCOC(=O)[C@@H]1CCCN(C(=O)Cc2cccnc2N)C1. The molecule has 6 heteroatoms. The van der Waals surface area contributed by atoms with Crippen LogP contribution in [0.15, 0.2) is 18.3 Å². The number of carbonyl (C=O) groups is 2. The van der Waals surface area contributed by atoms with E-state index >= 15 is 0 Å². The Labute approximate surface area is 124 Å². The number of esters is 1. The number of nitrogens with zero attached hydrogens (tertiary/aromatic N) is 2. The lowest BCUT2D eigenvalue weighted by molar-refractivity contribution is -0.151. The van der Waals surface area contributed by atoms with Gasteiger partial charge in [-0.15, -0.1) is 0 Å². The Morgan fingerprint density at radius 1 is 1.52 bits per heavy atom. The zero-order valence-electron chi connectivity index (χ0n) is 12.2. The first kappa shape index (κ1) is 15.3. The fourth-order valence-electron chi connectivity index (χ4n) is 2.53. The maximum atomic E-state index is 12.3. The van der Waals surface area contributed by atoms with Crippen LogP contribution in [0.3, 0.4) is 0 Å². The fraction of sp³-hybridized carbons (Fsp3) is 0.533. The minimum atomic E-state index is -0.214. The highest BCUT2D eigenvalue weighted by molar-refractivity contribution is 5.81. The molecule has 1 fully saturated rings. The van der Waals surface area contributed by atoms with Crippen LogP contribution in [0.1, 0.15) is 25.3 Å². The van der Waals surface area contributed by atoms with Gasteiger partial charge in [-0.05, 0) is 25.8 Å². The monoisotopic (exact) mass is 291 g/mol. The van der Waals surface area contributed by atoms with Gasteiger partial charge in [0.1, 0.15) is 5.82 Å². The second-order valence-corrected chi connectivity index (χ2v) is 5.16. The number of aromatic nitrogens is 1. The normalized spacial score (nSPS) is 18.3. The molecule has 1 aliphatic rings. The number of pyridine rings is 1. The van der Waals surface area contributed by atoms with Gasteiger partial charge in [0.2, 0.25) is 5.91 Å². The Morgan fingerprint density at radius 2 is 2.33 bits per heavy atom. The van der Waals surface area contributed by atoms with Crippen LogP contribution in [-0.2, 0) is 20.7 Å². The highest BCUT2D eigenvalue weighted by atomic mass is 16.5. The molecule has 1 amide bonds.